The normalized spacial score (nSPS) is 15.6. The molecule has 5 nitrogen and oxygen atoms in total. The van der Waals surface area contributed by atoms with Gasteiger partial charge in [0.05, 0.1) is 29.6 Å². The maximum absolute atomic E-state index is 14.2. The van der Waals surface area contributed by atoms with E-state index in [-0.39, 0.29) is 36.3 Å². The highest BCUT2D eigenvalue weighted by molar-refractivity contribution is 5.63. The standard InChI is InChI=1S/C19H22F4N4O/c1-10(2)15(9-28)25-18-24-14(11-6-7-11)8-16(27-18)26-17-12(19(21,22)23)4-3-5-13(17)20/h3-5,8,10-11,15,28H,6-7,9H2,1-2H3,(H2,24,25,26,27)/t15-/m1/s1. The molecular weight excluding hydrogens is 376 g/mol. The lowest BCUT2D eigenvalue weighted by Gasteiger charge is -2.21. The number of halogens is 4. The maximum Gasteiger partial charge on any atom is 0.418 e. The molecule has 0 aliphatic heterocycles. The first-order valence-electron chi connectivity index (χ1n) is 9.08. The Kier molecular flexibility index (Phi) is 5.74. The van der Waals surface area contributed by atoms with Crippen molar-refractivity contribution in [3.8, 4) is 0 Å². The molecule has 1 aromatic carbocycles. The van der Waals surface area contributed by atoms with Crippen LogP contribution < -0.4 is 10.6 Å². The van der Waals surface area contributed by atoms with Gasteiger partial charge in [0.15, 0.2) is 0 Å². The zero-order chi connectivity index (χ0) is 20.5. The summed E-state index contributed by atoms with van der Waals surface area (Å²) in [6.07, 6.45) is -2.86. The zero-order valence-electron chi connectivity index (χ0n) is 15.5. The number of alkyl halides is 3. The minimum Gasteiger partial charge on any atom is -0.394 e. The Balaban J connectivity index is 1.97. The Labute approximate surface area is 160 Å². The number of benzene rings is 1. The van der Waals surface area contributed by atoms with Gasteiger partial charge < -0.3 is 15.7 Å². The molecule has 0 radical (unpaired) electrons. The number of hydrogen-bond donors (Lipinski definition) is 3. The van der Waals surface area contributed by atoms with Crippen molar-refractivity contribution in [2.45, 2.75) is 44.8 Å². The number of aliphatic hydroxyl groups is 1. The average molecular weight is 398 g/mol. The summed E-state index contributed by atoms with van der Waals surface area (Å²) in [7, 11) is 0. The molecule has 0 spiro atoms. The highest BCUT2D eigenvalue weighted by Crippen LogP contribution is 2.41. The number of rotatable bonds is 7. The van der Waals surface area contributed by atoms with Crippen LogP contribution in [-0.4, -0.2) is 27.7 Å². The summed E-state index contributed by atoms with van der Waals surface area (Å²) in [4.78, 5) is 8.61. The number of nitrogens with one attached hydrogen (secondary N) is 2. The summed E-state index contributed by atoms with van der Waals surface area (Å²) in [6, 6.07) is 4.01. The van der Waals surface area contributed by atoms with Gasteiger partial charge in [-0.25, -0.2) is 9.37 Å². The minimum atomic E-state index is -4.71. The van der Waals surface area contributed by atoms with E-state index >= 15 is 0 Å². The fourth-order valence-corrected chi connectivity index (χ4v) is 2.79. The molecule has 3 rings (SSSR count). The number of anilines is 3. The quantitative estimate of drug-likeness (QED) is 0.591. The lowest BCUT2D eigenvalue weighted by atomic mass is 10.1. The van der Waals surface area contributed by atoms with Crippen LogP contribution in [0.25, 0.3) is 0 Å². The number of hydrogen-bond acceptors (Lipinski definition) is 5. The number of para-hydroxylation sites is 1. The molecule has 1 aliphatic rings. The predicted octanol–water partition coefficient (Wildman–Crippen LogP) is 4.68. The maximum atomic E-state index is 14.2. The third-order valence-electron chi connectivity index (χ3n) is 4.63. The van der Waals surface area contributed by atoms with Gasteiger partial charge >= 0.3 is 6.18 Å². The van der Waals surface area contributed by atoms with Crippen molar-refractivity contribution in [1.82, 2.24) is 9.97 Å². The molecule has 152 valence electrons. The molecule has 0 unspecified atom stereocenters. The van der Waals surface area contributed by atoms with Crippen molar-refractivity contribution < 1.29 is 22.7 Å². The second-order valence-electron chi connectivity index (χ2n) is 7.24. The molecule has 1 saturated carbocycles. The van der Waals surface area contributed by atoms with Crippen molar-refractivity contribution >= 4 is 17.5 Å². The predicted molar refractivity (Wildman–Crippen MR) is 98.0 cm³/mol. The first-order valence-corrected chi connectivity index (χ1v) is 9.08. The van der Waals surface area contributed by atoms with E-state index in [1.165, 1.54) is 0 Å². The smallest absolute Gasteiger partial charge is 0.394 e. The van der Waals surface area contributed by atoms with Crippen molar-refractivity contribution in [1.29, 1.82) is 0 Å². The zero-order valence-corrected chi connectivity index (χ0v) is 15.5. The van der Waals surface area contributed by atoms with Crippen molar-refractivity contribution in [2.24, 2.45) is 5.92 Å². The Bertz CT molecular complexity index is 837. The van der Waals surface area contributed by atoms with E-state index in [9.17, 15) is 22.7 Å². The third-order valence-corrected chi connectivity index (χ3v) is 4.63. The topological polar surface area (TPSA) is 70.1 Å². The van der Waals surface area contributed by atoms with Gasteiger partial charge in [-0.2, -0.15) is 18.2 Å². The molecule has 9 heteroatoms. The molecule has 1 aliphatic carbocycles. The second kappa shape index (κ2) is 7.90. The van der Waals surface area contributed by atoms with Gasteiger partial charge in [-0.15, -0.1) is 0 Å². The molecule has 1 fully saturated rings. The number of aromatic nitrogens is 2. The molecule has 0 bridgehead atoms. The molecule has 0 saturated heterocycles. The van der Waals surface area contributed by atoms with Crippen molar-refractivity contribution in [3.63, 3.8) is 0 Å². The highest BCUT2D eigenvalue weighted by atomic mass is 19.4. The van der Waals surface area contributed by atoms with Crippen LogP contribution in [0.2, 0.25) is 0 Å². The Morgan fingerprint density at radius 3 is 2.50 bits per heavy atom. The van der Waals surface area contributed by atoms with E-state index in [0.717, 1.165) is 31.0 Å². The molecule has 2 aromatic rings. The Morgan fingerprint density at radius 1 is 1.21 bits per heavy atom. The largest absolute Gasteiger partial charge is 0.418 e. The monoisotopic (exact) mass is 398 g/mol. The van der Waals surface area contributed by atoms with Crippen molar-refractivity contribution in [3.05, 3.63) is 41.3 Å². The van der Waals surface area contributed by atoms with E-state index in [1.54, 1.807) is 6.07 Å². The molecule has 1 aromatic heterocycles. The summed E-state index contributed by atoms with van der Waals surface area (Å²) in [5.41, 5.74) is -1.11. The SMILES string of the molecule is CC(C)[C@@H](CO)Nc1nc(Nc2c(F)cccc2C(F)(F)F)cc(C2CC2)n1. The van der Waals surface area contributed by atoms with Gasteiger partial charge in [0.2, 0.25) is 5.95 Å². The fourth-order valence-electron chi connectivity index (χ4n) is 2.79. The first-order chi connectivity index (χ1) is 13.2. The molecule has 1 atom stereocenters. The molecule has 1 heterocycles. The molecule has 3 N–H and O–H groups in total. The Hall–Kier alpha value is -2.42. The van der Waals surface area contributed by atoms with Crippen LogP contribution in [0.4, 0.5) is 35.0 Å². The van der Waals surface area contributed by atoms with Crippen LogP contribution in [0.5, 0.6) is 0 Å². The number of nitrogens with zero attached hydrogens (tertiary/aromatic N) is 2. The summed E-state index contributed by atoms with van der Waals surface area (Å²) in [5.74, 6) is -0.484. The number of aliphatic hydroxyl groups excluding tert-OH is 1. The fraction of sp³-hybridized carbons (Fsp3) is 0.474. The second-order valence-corrected chi connectivity index (χ2v) is 7.24. The summed E-state index contributed by atoms with van der Waals surface area (Å²) in [5, 5.41) is 15.0. The van der Waals surface area contributed by atoms with Crippen molar-refractivity contribution in [2.75, 3.05) is 17.2 Å². The first kappa shape index (κ1) is 20.3. The molecule has 28 heavy (non-hydrogen) atoms. The van der Waals surface area contributed by atoms with E-state index in [4.69, 9.17) is 0 Å². The van der Waals surface area contributed by atoms with Crippen LogP contribution in [-0.2, 0) is 6.18 Å². The van der Waals surface area contributed by atoms with Gasteiger partial charge in [0.1, 0.15) is 11.6 Å². The van der Waals surface area contributed by atoms with Gasteiger partial charge in [-0.1, -0.05) is 19.9 Å². The van der Waals surface area contributed by atoms with E-state index in [0.29, 0.717) is 5.69 Å². The summed E-state index contributed by atoms with van der Waals surface area (Å²) in [6.45, 7) is 3.67. The lowest BCUT2D eigenvalue weighted by Crippen LogP contribution is -2.30. The molecule has 0 amide bonds. The van der Waals surface area contributed by atoms with Gasteiger partial charge in [-0.3, -0.25) is 0 Å². The summed E-state index contributed by atoms with van der Waals surface area (Å²) >= 11 is 0. The minimum absolute atomic E-state index is 0.0652. The van der Waals surface area contributed by atoms with Gasteiger partial charge in [0, 0.05) is 12.0 Å². The average Bonchev–Trinajstić information content (AvgIpc) is 3.45. The van der Waals surface area contributed by atoms with Crippen LogP contribution >= 0.6 is 0 Å². The van der Waals surface area contributed by atoms with Gasteiger partial charge in [-0.05, 0) is 30.9 Å². The molecular formula is C19H22F4N4O. The van der Waals surface area contributed by atoms with Crippen LogP contribution in [0.3, 0.4) is 0 Å². The lowest BCUT2D eigenvalue weighted by molar-refractivity contribution is -0.137. The van der Waals surface area contributed by atoms with Crippen LogP contribution in [0.1, 0.15) is 43.9 Å². The Morgan fingerprint density at radius 2 is 1.93 bits per heavy atom. The van der Waals surface area contributed by atoms with Crippen LogP contribution in [0, 0.1) is 11.7 Å². The van der Waals surface area contributed by atoms with Gasteiger partial charge in [0.25, 0.3) is 0 Å². The van der Waals surface area contributed by atoms with E-state index in [2.05, 4.69) is 20.6 Å². The highest BCUT2D eigenvalue weighted by Gasteiger charge is 2.35. The van der Waals surface area contributed by atoms with E-state index in [1.807, 2.05) is 13.8 Å². The van der Waals surface area contributed by atoms with E-state index < -0.39 is 23.2 Å². The third kappa shape index (κ3) is 4.70. The van der Waals surface area contributed by atoms with Crippen LogP contribution in [0.15, 0.2) is 24.3 Å². The summed E-state index contributed by atoms with van der Waals surface area (Å²) < 4.78 is 53.9.